The Hall–Kier alpha value is -1.24. The van der Waals surface area contributed by atoms with Gasteiger partial charge in [0.25, 0.3) is 0 Å². The lowest BCUT2D eigenvalue weighted by Gasteiger charge is -2.30. The number of hydrogen-bond acceptors (Lipinski definition) is 1. The van der Waals surface area contributed by atoms with Crippen LogP contribution in [-0.2, 0) is 5.41 Å². The van der Waals surface area contributed by atoms with Crippen molar-refractivity contribution in [2.24, 2.45) is 5.92 Å². The van der Waals surface area contributed by atoms with Crippen molar-refractivity contribution < 1.29 is 0 Å². The molecule has 0 bridgehead atoms. The second kappa shape index (κ2) is 4.79. The molecule has 2 rings (SSSR count). The molecule has 2 atom stereocenters. The Balaban J connectivity index is 2.05. The van der Waals surface area contributed by atoms with Gasteiger partial charge in [0.15, 0.2) is 0 Å². The third-order valence-corrected chi connectivity index (χ3v) is 4.38. The largest absolute Gasteiger partial charge is 0.373 e. The lowest BCUT2D eigenvalue weighted by atomic mass is 9.95. The molecular formula is C17H25N. The SMILES string of the molecule is C=C(C)N(CC1CC1(C)c1ccccc1)C(C)C. The average molecular weight is 243 g/mol. The summed E-state index contributed by atoms with van der Waals surface area (Å²) in [6.45, 7) is 14.2. The molecule has 0 aliphatic heterocycles. The molecule has 1 aliphatic rings. The molecule has 0 spiro atoms. The summed E-state index contributed by atoms with van der Waals surface area (Å²) >= 11 is 0. The van der Waals surface area contributed by atoms with Crippen molar-refractivity contribution in [3.63, 3.8) is 0 Å². The van der Waals surface area contributed by atoms with Gasteiger partial charge >= 0.3 is 0 Å². The molecule has 0 N–H and O–H groups in total. The van der Waals surface area contributed by atoms with Crippen LogP contribution >= 0.6 is 0 Å². The minimum atomic E-state index is 0.379. The molecule has 1 fully saturated rings. The maximum atomic E-state index is 4.10. The normalized spacial score (nSPS) is 26.2. The second-order valence-corrected chi connectivity index (χ2v) is 6.17. The van der Waals surface area contributed by atoms with E-state index in [1.165, 1.54) is 17.7 Å². The maximum absolute atomic E-state index is 4.10. The molecule has 1 heteroatoms. The zero-order valence-corrected chi connectivity index (χ0v) is 12.1. The van der Waals surface area contributed by atoms with Crippen molar-refractivity contribution in [1.29, 1.82) is 0 Å². The van der Waals surface area contributed by atoms with Crippen LogP contribution in [0.4, 0.5) is 0 Å². The van der Waals surface area contributed by atoms with Crippen LogP contribution in [0.5, 0.6) is 0 Å². The van der Waals surface area contributed by atoms with Gasteiger partial charge in [0, 0.05) is 18.3 Å². The van der Waals surface area contributed by atoms with Gasteiger partial charge < -0.3 is 4.90 Å². The van der Waals surface area contributed by atoms with Crippen molar-refractivity contribution in [2.45, 2.75) is 45.6 Å². The minimum absolute atomic E-state index is 0.379. The van der Waals surface area contributed by atoms with Crippen LogP contribution in [0, 0.1) is 5.92 Å². The highest BCUT2D eigenvalue weighted by Crippen LogP contribution is 2.54. The summed E-state index contributed by atoms with van der Waals surface area (Å²) < 4.78 is 0. The van der Waals surface area contributed by atoms with Crippen LogP contribution in [0.1, 0.15) is 39.7 Å². The molecule has 2 unspecified atom stereocenters. The minimum Gasteiger partial charge on any atom is -0.373 e. The molecule has 1 aromatic carbocycles. The number of rotatable bonds is 5. The summed E-state index contributed by atoms with van der Waals surface area (Å²) in [5.74, 6) is 0.763. The van der Waals surface area contributed by atoms with Crippen molar-refractivity contribution in [3.8, 4) is 0 Å². The standard InChI is InChI=1S/C17H25N/c1-13(2)18(14(3)4)12-16-11-17(16,5)15-9-7-6-8-10-15/h6-10,14,16H,1,11-12H2,2-5H3. The van der Waals surface area contributed by atoms with E-state index in [1.54, 1.807) is 0 Å². The Kier molecular flexibility index (Phi) is 3.52. The Morgan fingerprint density at radius 3 is 2.50 bits per heavy atom. The summed E-state index contributed by atoms with van der Waals surface area (Å²) in [5, 5.41) is 0. The van der Waals surface area contributed by atoms with Crippen molar-refractivity contribution in [1.82, 2.24) is 4.90 Å². The zero-order valence-electron chi connectivity index (χ0n) is 12.1. The highest BCUT2D eigenvalue weighted by molar-refractivity contribution is 5.32. The van der Waals surface area contributed by atoms with E-state index in [0.29, 0.717) is 11.5 Å². The average Bonchev–Trinajstić information content (AvgIpc) is 2.99. The van der Waals surface area contributed by atoms with Crippen LogP contribution in [-0.4, -0.2) is 17.5 Å². The first kappa shape index (κ1) is 13.2. The van der Waals surface area contributed by atoms with E-state index in [1.807, 2.05) is 0 Å². The van der Waals surface area contributed by atoms with Crippen molar-refractivity contribution in [3.05, 3.63) is 48.2 Å². The third kappa shape index (κ3) is 2.45. The van der Waals surface area contributed by atoms with Gasteiger partial charge in [0.1, 0.15) is 0 Å². The maximum Gasteiger partial charge on any atom is 0.0230 e. The first-order valence-corrected chi connectivity index (χ1v) is 6.93. The fourth-order valence-electron chi connectivity index (χ4n) is 2.94. The van der Waals surface area contributed by atoms with Gasteiger partial charge in [-0.1, -0.05) is 43.8 Å². The van der Waals surface area contributed by atoms with Crippen molar-refractivity contribution >= 4 is 0 Å². The Labute approximate surface area is 112 Å². The van der Waals surface area contributed by atoms with Crippen molar-refractivity contribution in [2.75, 3.05) is 6.54 Å². The summed E-state index contributed by atoms with van der Waals surface area (Å²) in [7, 11) is 0. The summed E-state index contributed by atoms with van der Waals surface area (Å²) in [5.41, 5.74) is 3.05. The molecule has 1 aromatic rings. The van der Waals surface area contributed by atoms with Crippen LogP contribution in [0.25, 0.3) is 0 Å². The topological polar surface area (TPSA) is 3.24 Å². The molecule has 98 valence electrons. The zero-order chi connectivity index (χ0) is 13.3. The van der Waals surface area contributed by atoms with Gasteiger partial charge in [0.2, 0.25) is 0 Å². The fourth-order valence-corrected chi connectivity index (χ4v) is 2.94. The number of allylic oxidation sites excluding steroid dienone is 1. The molecule has 0 heterocycles. The molecule has 1 aliphatic carbocycles. The van der Waals surface area contributed by atoms with E-state index in [9.17, 15) is 0 Å². The van der Waals surface area contributed by atoms with E-state index in [2.05, 4.69) is 69.5 Å². The molecule has 0 radical (unpaired) electrons. The number of nitrogens with zero attached hydrogens (tertiary/aromatic N) is 1. The van der Waals surface area contributed by atoms with Gasteiger partial charge in [-0.15, -0.1) is 0 Å². The Bertz CT molecular complexity index is 420. The van der Waals surface area contributed by atoms with E-state index in [4.69, 9.17) is 0 Å². The quantitative estimate of drug-likeness (QED) is 0.749. The predicted molar refractivity (Wildman–Crippen MR) is 78.6 cm³/mol. The third-order valence-electron chi connectivity index (χ3n) is 4.38. The molecule has 0 aromatic heterocycles. The summed E-state index contributed by atoms with van der Waals surface area (Å²) in [4.78, 5) is 2.43. The van der Waals surface area contributed by atoms with E-state index in [-0.39, 0.29) is 0 Å². The molecule has 0 amide bonds. The van der Waals surface area contributed by atoms with Gasteiger partial charge in [-0.05, 0) is 44.1 Å². The highest BCUT2D eigenvalue weighted by Gasteiger charge is 2.51. The van der Waals surface area contributed by atoms with Gasteiger partial charge in [-0.3, -0.25) is 0 Å². The van der Waals surface area contributed by atoms with Gasteiger partial charge in [0.05, 0.1) is 0 Å². The van der Waals surface area contributed by atoms with Crippen LogP contribution in [0.15, 0.2) is 42.6 Å². The first-order valence-electron chi connectivity index (χ1n) is 6.93. The molecule has 18 heavy (non-hydrogen) atoms. The number of benzene rings is 1. The van der Waals surface area contributed by atoms with Crippen LogP contribution < -0.4 is 0 Å². The molecule has 1 saturated carbocycles. The summed E-state index contributed by atoms with van der Waals surface area (Å²) in [6, 6.07) is 11.5. The fraction of sp³-hybridized carbons (Fsp3) is 0.529. The lowest BCUT2D eigenvalue weighted by Crippen LogP contribution is -2.32. The molecule has 0 saturated heterocycles. The molecule has 1 nitrogen and oxygen atoms in total. The highest BCUT2D eigenvalue weighted by atomic mass is 15.2. The van der Waals surface area contributed by atoms with Crippen LogP contribution in [0.2, 0.25) is 0 Å². The Morgan fingerprint density at radius 1 is 1.39 bits per heavy atom. The van der Waals surface area contributed by atoms with Crippen LogP contribution in [0.3, 0.4) is 0 Å². The summed E-state index contributed by atoms with van der Waals surface area (Å²) in [6.07, 6.45) is 1.30. The predicted octanol–water partition coefficient (Wildman–Crippen LogP) is 4.21. The van der Waals surface area contributed by atoms with Gasteiger partial charge in [-0.2, -0.15) is 0 Å². The van der Waals surface area contributed by atoms with Gasteiger partial charge in [-0.25, -0.2) is 0 Å². The lowest BCUT2D eigenvalue weighted by molar-refractivity contribution is 0.267. The van der Waals surface area contributed by atoms with E-state index in [0.717, 1.165) is 12.5 Å². The number of hydrogen-bond donors (Lipinski definition) is 0. The monoisotopic (exact) mass is 243 g/mol. The first-order chi connectivity index (χ1) is 8.45. The Morgan fingerprint density at radius 2 is 2.00 bits per heavy atom. The molecular weight excluding hydrogens is 218 g/mol. The second-order valence-electron chi connectivity index (χ2n) is 6.17. The smallest absolute Gasteiger partial charge is 0.0230 e. The van der Waals surface area contributed by atoms with E-state index >= 15 is 0 Å². The van der Waals surface area contributed by atoms with E-state index < -0.39 is 0 Å².